The van der Waals surface area contributed by atoms with Crippen molar-refractivity contribution in [1.82, 2.24) is 5.32 Å². The highest BCUT2D eigenvalue weighted by atomic mass is 16.3. The van der Waals surface area contributed by atoms with Crippen molar-refractivity contribution in [2.24, 2.45) is 11.8 Å². The second-order valence-corrected chi connectivity index (χ2v) is 8.29. The van der Waals surface area contributed by atoms with E-state index < -0.39 is 18.2 Å². The first-order chi connectivity index (χ1) is 13.0. The van der Waals surface area contributed by atoms with Gasteiger partial charge in [-0.1, -0.05) is 76.3 Å². The SMILES string of the molecule is CC(C)CC(O)C(O)C(CC1CCCCC1)NC(=O)/C=C\c1ccccc1. The average Bonchev–Trinajstić information content (AvgIpc) is 2.66. The third-order valence-corrected chi connectivity index (χ3v) is 5.39. The largest absolute Gasteiger partial charge is 0.390 e. The van der Waals surface area contributed by atoms with Gasteiger partial charge in [0.05, 0.1) is 12.1 Å². The maximum absolute atomic E-state index is 12.4. The van der Waals surface area contributed by atoms with Crippen molar-refractivity contribution in [2.75, 3.05) is 0 Å². The number of hydrogen-bond acceptors (Lipinski definition) is 3. The maximum atomic E-state index is 12.4. The van der Waals surface area contributed by atoms with Crippen molar-refractivity contribution in [3.63, 3.8) is 0 Å². The molecular weight excluding hydrogens is 338 g/mol. The zero-order chi connectivity index (χ0) is 19.6. The van der Waals surface area contributed by atoms with E-state index in [0.717, 1.165) is 24.8 Å². The second-order valence-electron chi connectivity index (χ2n) is 8.29. The summed E-state index contributed by atoms with van der Waals surface area (Å²) in [6.45, 7) is 4.04. The lowest BCUT2D eigenvalue weighted by atomic mass is 9.82. The summed E-state index contributed by atoms with van der Waals surface area (Å²) >= 11 is 0. The van der Waals surface area contributed by atoms with Gasteiger partial charge in [-0.05, 0) is 36.3 Å². The summed E-state index contributed by atoms with van der Waals surface area (Å²) < 4.78 is 0. The lowest BCUT2D eigenvalue weighted by molar-refractivity contribution is -0.119. The molecule has 0 aliphatic heterocycles. The van der Waals surface area contributed by atoms with Crippen LogP contribution in [-0.2, 0) is 4.79 Å². The van der Waals surface area contributed by atoms with E-state index in [2.05, 4.69) is 5.32 Å². The Labute approximate surface area is 163 Å². The fourth-order valence-electron chi connectivity index (χ4n) is 3.92. The van der Waals surface area contributed by atoms with Gasteiger partial charge in [-0.2, -0.15) is 0 Å². The Morgan fingerprint density at radius 2 is 1.81 bits per heavy atom. The van der Waals surface area contributed by atoms with Gasteiger partial charge < -0.3 is 15.5 Å². The van der Waals surface area contributed by atoms with Crippen LogP contribution >= 0.6 is 0 Å². The van der Waals surface area contributed by atoms with Gasteiger partial charge in [-0.3, -0.25) is 4.79 Å². The van der Waals surface area contributed by atoms with Gasteiger partial charge in [0.25, 0.3) is 0 Å². The van der Waals surface area contributed by atoms with Crippen LogP contribution in [-0.4, -0.2) is 34.4 Å². The molecule has 0 aromatic heterocycles. The minimum Gasteiger partial charge on any atom is -0.390 e. The van der Waals surface area contributed by atoms with Crippen LogP contribution in [0.5, 0.6) is 0 Å². The minimum absolute atomic E-state index is 0.226. The van der Waals surface area contributed by atoms with Gasteiger partial charge in [-0.15, -0.1) is 0 Å². The molecule has 3 atom stereocenters. The van der Waals surface area contributed by atoms with Crippen molar-refractivity contribution < 1.29 is 15.0 Å². The Balaban J connectivity index is 2.00. The maximum Gasteiger partial charge on any atom is 0.244 e. The molecule has 4 heteroatoms. The zero-order valence-electron chi connectivity index (χ0n) is 16.7. The highest BCUT2D eigenvalue weighted by Crippen LogP contribution is 2.28. The Kier molecular flexibility index (Phi) is 9.02. The molecule has 0 radical (unpaired) electrons. The molecule has 1 aliphatic carbocycles. The van der Waals surface area contributed by atoms with Crippen LogP contribution < -0.4 is 5.32 Å². The molecule has 3 N–H and O–H groups in total. The summed E-state index contributed by atoms with van der Waals surface area (Å²) in [6.07, 6.45) is 8.73. The molecule has 0 bridgehead atoms. The third kappa shape index (κ3) is 7.86. The molecule has 1 aromatic rings. The fourth-order valence-corrected chi connectivity index (χ4v) is 3.92. The monoisotopic (exact) mass is 373 g/mol. The molecule has 4 nitrogen and oxygen atoms in total. The topological polar surface area (TPSA) is 69.6 Å². The summed E-state index contributed by atoms with van der Waals surface area (Å²) in [5, 5.41) is 24.0. The molecule has 0 spiro atoms. The average molecular weight is 374 g/mol. The van der Waals surface area contributed by atoms with Crippen molar-refractivity contribution >= 4 is 12.0 Å². The van der Waals surface area contributed by atoms with Crippen molar-refractivity contribution in [1.29, 1.82) is 0 Å². The van der Waals surface area contributed by atoms with E-state index in [0.29, 0.717) is 18.3 Å². The van der Waals surface area contributed by atoms with Gasteiger partial charge in [-0.25, -0.2) is 0 Å². The van der Waals surface area contributed by atoms with E-state index >= 15 is 0 Å². The minimum atomic E-state index is -0.941. The summed E-state index contributed by atoms with van der Waals surface area (Å²) in [5.41, 5.74) is 0.955. The Morgan fingerprint density at radius 3 is 2.44 bits per heavy atom. The van der Waals surface area contributed by atoms with Crippen LogP contribution in [0, 0.1) is 11.8 Å². The van der Waals surface area contributed by atoms with E-state index in [1.807, 2.05) is 44.2 Å². The molecular formula is C23H35NO3. The summed E-state index contributed by atoms with van der Waals surface area (Å²) in [7, 11) is 0. The standard InChI is InChI=1S/C23H35NO3/c1-17(2)15-21(25)23(27)20(16-19-11-7-4-8-12-19)24-22(26)14-13-18-9-5-3-6-10-18/h3,5-6,9-10,13-14,17,19-21,23,25,27H,4,7-8,11-12,15-16H2,1-2H3,(H,24,26)/b14-13-. The molecule has 3 unspecified atom stereocenters. The van der Waals surface area contributed by atoms with E-state index in [-0.39, 0.29) is 5.91 Å². The van der Waals surface area contributed by atoms with Crippen molar-refractivity contribution in [3.05, 3.63) is 42.0 Å². The van der Waals surface area contributed by atoms with Crippen molar-refractivity contribution in [2.45, 2.75) is 77.0 Å². The normalized spacial score (nSPS) is 19.1. The van der Waals surface area contributed by atoms with Gasteiger partial charge in [0.2, 0.25) is 5.91 Å². The third-order valence-electron chi connectivity index (χ3n) is 5.39. The summed E-state index contributed by atoms with van der Waals surface area (Å²) in [6, 6.07) is 9.24. The number of amides is 1. The molecule has 1 amide bonds. The van der Waals surface area contributed by atoms with Crippen LogP contribution in [0.1, 0.15) is 64.4 Å². The van der Waals surface area contributed by atoms with Gasteiger partial charge in [0, 0.05) is 6.08 Å². The second kappa shape index (κ2) is 11.3. The van der Waals surface area contributed by atoms with Crippen LogP contribution in [0.4, 0.5) is 0 Å². The molecule has 1 fully saturated rings. The highest BCUT2D eigenvalue weighted by molar-refractivity contribution is 5.91. The van der Waals surface area contributed by atoms with Crippen molar-refractivity contribution in [3.8, 4) is 0 Å². The molecule has 2 rings (SSSR count). The first-order valence-electron chi connectivity index (χ1n) is 10.4. The number of benzene rings is 1. The lowest BCUT2D eigenvalue weighted by Crippen LogP contribution is -2.49. The van der Waals surface area contributed by atoms with E-state index in [9.17, 15) is 15.0 Å². The smallest absolute Gasteiger partial charge is 0.244 e. The zero-order valence-corrected chi connectivity index (χ0v) is 16.7. The predicted octanol–water partition coefficient (Wildman–Crippen LogP) is 3.92. The molecule has 150 valence electrons. The number of rotatable bonds is 9. The molecule has 1 aliphatic rings. The predicted molar refractivity (Wildman–Crippen MR) is 110 cm³/mol. The van der Waals surface area contributed by atoms with E-state index in [1.54, 1.807) is 6.08 Å². The molecule has 27 heavy (non-hydrogen) atoms. The Morgan fingerprint density at radius 1 is 1.15 bits per heavy atom. The number of carbonyl (C=O) groups excluding carboxylic acids is 1. The van der Waals surface area contributed by atoms with Gasteiger partial charge >= 0.3 is 0 Å². The highest BCUT2D eigenvalue weighted by Gasteiger charge is 2.30. The molecule has 0 heterocycles. The first-order valence-corrected chi connectivity index (χ1v) is 10.4. The van der Waals surface area contributed by atoms with Crippen LogP contribution in [0.2, 0.25) is 0 Å². The fraction of sp³-hybridized carbons (Fsp3) is 0.609. The summed E-state index contributed by atoms with van der Waals surface area (Å²) in [4.78, 5) is 12.4. The van der Waals surface area contributed by atoms with E-state index in [1.165, 1.54) is 25.3 Å². The van der Waals surface area contributed by atoms with E-state index in [4.69, 9.17) is 0 Å². The van der Waals surface area contributed by atoms with Gasteiger partial charge in [0.15, 0.2) is 0 Å². The molecule has 1 saturated carbocycles. The van der Waals surface area contributed by atoms with Crippen LogP contribution in [0.25, 0.3) is 6.08 Å². The van der Waals surface area contributed by atoms with Crippen LogP contribution in [0.15, 0.2) is 36.4 Å². The number of aliphatic hydroxyl groups is 2. The van der Waals surface area contributed by atoms with Gasteiger partial charge in [0.1, 0.15) is 6.10 Å². The Bertz CT molecular complexity index is 579. The van der Waals surface area contributed by atoms with Crippen LogP contribution in [0.3, 0.4) is 0 Å². The molecule has 0 saturated heterocycles. The number of hydrogen-bond donors (Lipinski definition) is 3. The number of aliphatic hydroxyl groups excluding tert-OH is 2. The first kappa shape index (κ1) is 21.6. The Hall–Kier alpha value is -1.65. The number of nitrogens with one attached hydrogen (secondary N) is 1. The number of carbonyl (C=O) groups is 1. The molecule has 1 aromatic carbocycles. The lowest BCUT2D eigenvalue weighted by Gasteiger charge is -2.32. The summed E-state index contributed by atoms with van der Waals surface area (Å²) in [5.74, 6) is 0.567. The quantitative estimate of drug-likeness (QED) is 0.575.